The van der Waals surface area contributed by atoms with E-state index < -0.39 is 0 Å². The number of amides is 2. The Bertz CT molecular complexity index is 973. The highest BCUT2D eigenvalue weighted by Gasteiger charge is 2.38. The second-order valence-corrected chi connectivity index (χ2v) is 9.43. The van der Waals surface area contributed by atoms with Gasteiger partial charge in [0.05, 0.1) is 21.7 Å². The molecule has 2 fully saturated rings. The highest BCUT2D eigenvalue weighted by molar-refractivity contribution is 7.14. The minimum Gasteiger partial charge on any atom is -0.342 e. The zero-order chi connectivity index (χ0) is 21.3. The Morgan fingerprint density at radius 1 is 1.23 bits per heavy atom. The van der Waals surface area contributed by atoms with Crippen LogP contribution in [0.25, 0.3) is 11.3 Å². The zero-order valence-corrected chi connectivity index (χ0v) is 18.8. The van der Waals surface area contributed by atoms with Crippen molar-refractivity contribution in [2.24, 2.45) is 11.8 Å². The van der Waals surface area contributed by atoms with Gasteiger partial charge in [-0.25, -0.2) is 4.98 Å². The number of thiazole rings is 1. The summed E-state index contributed by atoms with van der Waals surface area (Å²) in [5, 5.41) is 3.47. The summed E-state index contributed by atoms with van der Waals surface area (Å²) in [4.78, 5) is 34.0. The van der Waals surface area contributed by atoms with Crippen molar-refractivity contribution < 1.29 is 9.59 Å². The highest BCUT2D eigenvalue weighted by atomic mass is 35.5. The number of halogens is 2. The van der Waals surface area contributed by atoms with Crippen LogP contribution in [0.1, 0.15) is 25.7 Å². The van der Waals surface area contributed by atoms with E-state index in [-0.39, 0.29) is 23.7 Å². The first-order valence-corrected chi connectivity index (χ1v) is 11.7. The second-order valence-electron chi connectivity index (χ2n) is 7.78. The number of carbonyl (C=O) groups excluding carboxylic acids is 2. The van der Waals surface area contributed by atoms with E-state index >= 15 is 0 Å². The molecule has 0 N–H and O–H groups in total. The van der Waals surface area contributed by atoms with E-state index in [1.165, 1.54) is 11.3 Å². The lowest BCUT2D eigenvalue weighted by atomic mass is 9.96. The van der Waals surface area contributed by atoms with Gasteiger partial charge in [-0.15, -0.1) is 17.9 Å². The molecule has 2 aromatic rings. The van der Waals surface area contributed by atoms with Crippen LogP contribution in [0, 0.1) is 11.8 Å². The molecule has 1 aliphatic heterocycles. The quantitative estimate of drug-likeness (QED) is 0.547. The topological polar surface area (TPSA) is 53.5 Å². The lowest BCUT2D eigenvalue weighted by Gasteiger charge is -2.34. The lowest BCUT2D eigenvalue weighted by Crippen LogP contribution is -2.47. The van der Waals surface area contributed by atoms with Gasteiger partial charge in [0.1, 0.15) is 0 Å². The summed E-state index contributed by atoms with van der Waals surface area (Å²) in [7, 11) is 0. The van der Waals surface area contributed by atoms with Gasteiger partial charge in [-0.05, 0) is 37.8 Å². The van der Waals surface area contributed by atoms with Gasteiger partial charge < -0.3 is 4.90 Å². The van der Waals surface area contributed by atoms with Crippen LogP contribution in [0.3, 0.4) is 0 Å². The van der Waals surface area contributed by atoms with Gasteiger partial charge in [0.25, 0.3) is 0 Å². The van der Waals surface area contributed by atoms with Crippen molar-refractivity contribution in [3.63, 3.8) is 0 Å². The zero-order valence-electron chi connectivity index (χ0n) is 16.5. The molecule has 8 heteroatoms. The predicted octanol–water partition coefficient (Wildman–Crippen LogP) is 5.28. The first kappa shape index (κ1) is 21.3. The van der Waals surface area contributed by atoms with Crippen LogP contribution in [-0.2, 0) is 9.59 Å². The maximum absolute atomic E-state index is 13.4. The van der Waals surface area contributed by atoms with Crippen molar-refractivity contribution >= 4 is 51.5 Å². The summed E-state index contributed by atoms with van der Waals surface area (Å²) in [5.41, 5.74) is 1.58. The molecular weight excluding hydrogens is 441 g/mol. The molecule has 1 saturated heterocycles. The fourth-order valence-corrected chi connectivity index (χ4v) is 4.90. The molecular formula is C22H23Cl2N3O2S. The van der Waals surface area contributed by atoms with E-state index in [0.29, 0.717) is 28.3 Å². The summed E-state index contributed by atoms with van der Waals surface area (Å²) in [6, 6.07) is 5.36. The third-order valence-corrected chi connectivity index (χ3v) is 7.13. The van der Waals surface area contributed by atoms with Crippen LogP contribution >= 0.6 is 34.5 Å². The fourth-order valence-electron chi connectivity index (χ4n) is 3.76. The monoisotopic (exact) mass is 463 g/mol. The summed E-state index contributed by atoms with van der Waals surface area (Å²) < 4.78 is 0. The maximum Gasteiger partial charge on any atom is 0.233 e. The number of rotatable bonds is 6. The maximum atomic E-state index is 13.4. The summed E-state index contributed by atoms with van der Waals surface area (Å²) in [6.07, 6.45) is 5.30. The number of benzene rings is 1. The van der Waals surface area contributed by atoms with Gasteiger partial charge in [0, 0.05) is 36.5 Å². The van der Waals surface area contributed by atoms with Gasteiger partial charge in [-0.1, -0.05) is 35.3 Å². The average Bonchev–Trinajstić information content (AvgIpc) is 3.50. The first-order chi connectivity index (χ1) is 14.5. The minimum absolute atomic E-state index is 0.00163. The van der Waals surface area contributed by atoms with Crippen molar-refractivity contribution in [3.05, 3.63) is 46.3 Å². The third-order valence-electron chi connectivity index (χ3n) is 5.52. The van der Waals surface area contributed by atoms with Crippen molar-refractivity contribution in [1.82, 2.24) is 9.88 Å². The molecule has 2 aliphatic rings. The van der Waals surface area contributed by atoms with E-state index in [2.05, 4.69) is 11.6 Å². The Morgan fingerprint density at radius 2 is 2.03 bits per heavy atom. The van der Waals surface area contributed by atoms with E-state index in [4.69, 9.17) is 23.2 Å². The molecule has 30 heavy (non-hydrogen) atoms. The van der Waals surface area contributed by atoms with E-state index in [0.717, 1.165) is 43.5 Å². The molecule has 1 aromatic carbocycles. The molecule has 0 spiro atoms. The summed E-state index contributed by atoms with van der Waals surface area (Å²) in [6.45, 7) is 5.42. The molecule has 158 valence electrons. The Hall–Kier alpha value is -1.89. The van der Waals surface area contributed by atoms with Crippen molar-refractivity contribution in [1.29, 1.82) is 0 Å². The predicted molar refractivity (Wildman–Crippen MR) is 122 cm³/mol. The molecule has 1 saturated carbocycles. The molecule has 5 nitrogen and oxygen atoms in total. The molecule has 0 bridgehead atoms. The first-order valence-electron chi connectivity index (χ1n) is 10.1. The smallest absolute Gasteiger partial charge is 0.233 e. The minimum atomic E-state index is -0.210. The SMILES string of the molecule is C=CCN(C(=O)C1CCCN(C(=O)C2CC2)C1)c1nc(-c2ccc(Cl)c(Cl)c2)cs1. The Morgan fingerprint density at radius 3 is 2.73 bits per heavy atom. The normalized spacial score (nSPS) is 18.9. The number of nitrogens with zero attached hydrogens (tertiary/aromatic N) is 3. The van der Waals surface area contributed by atoms with E-state index in [1.807, 2.05) is 16.3 Å². The largest absolute Gasteiger partial charge is 0.342 e. The molecule has 2 heterocycles. The Labute approximate surface area is 190 Å². The van der Waals surface area contributed by atoms with E-state index in [9.17, 15) is 9.59 Å². The summed E-state index contributed by atoms with van der Waals surface area (Å²) in [5.74, 6) is 0.173. The standard InChI is InChI=1S/C22H23Cl2N3O2S/c1-2-9-27(21(29)16-4-3-10-26(12-16)20(28)14-5-6-14)22-25-19(13-30-22)15-7-8-17(23)18(24)11-15/h2,7-8,11,13-14,16H,1,3-6,9-10,12H2. The van der Waals surface area contributed by atoms with Crippen LogP contribution in [0.15, 0.2) is 36.2 Å². The highest BCUT2D eigenvalue weighted by Crippen LogP contribution is 2.34. The average molecular weight is 464 g/mol. The second kappa shape index (κ2) is 9.08. The van der Waals surface area contributed by atoms with Crippen molar-refractivity contribution in [3.8, 4) is 11.3 Å². The molecule has 1 unspecified atom stereocenters. The third kappa shape index (κ3) is 4.56. The van der Waals surface area contributed by atoms with Crippen LogP contribution in [0.5, 0.6) is 0 Å². The molecule has 2 amide bonds. The Balaban J connectivity index is 1.52. The number of anilines is 1. The van der Waals surface area contributed by atoms with Crippen LogP contribution in [0.4, 0.5) is 5.13 Å². The number of piperidine rings is 1. The van der Waals surface area contributed by atoms with Crippen molar-refractivity contribution in [2.75, 3.05) is 24.5 Å². The molecule has 1 aliphatic carbocycles. The van der Waals surface area contributed by atoms with Crippen LogP contribution in [0.2, 0.25) is 10.0 Å². The van der Waals surface area contributed by atoms with E-state index in [1.54, 1.807) is 23.1 Å². The Kier molecular flexibility index (Phi) is 6.46. The molecule has 1 atom stereocenters. The van der Waals surface area contributed by atoms with Gasteiger partial charge in [-0.3, -0.25) is 14.5 Å². The van der Waals surface area contributed by atoms with Crippen LogP contribution in [-0.4, -0.2) is 41.3 Å². The van der Waals surface area contributed by atoms with Gasteiger partial charge in [0.2, 0.25) is 11.8 Å². The number of hydrogen-bond acceptors (Lipinski definition) is 4. The summed E-state index contributed by atoms with van der Waals surface area (Å²) >= 11 is 13.5. The number of likely N-dealkylation sites (tertiary alicyclic amines) is 1. The molecule has 0 radical (unpaired) electrons. The number of hydrogen-bond donors (Lipinski definition) is 0. The number of carbonyl (C=O) groups is 2. The van der Waals surface area contributed by atoms with Crippen molar-refractivity contribution in [2.45, 2.75) is 25.7 Å². The van der Waals surface area contributed by atoms with Gasteiger partial charge in [-0.2, -0.15) is 0 Å². The number of aromatic nitrogens is 1. The van der Waals surface area contributed by atoms with Gasteiger partial charge >= 0.3 is 0 Å². The molecule has 4 rings (SSSR count). The lowest BCUT2D eigenvalue weighted by molar-refractivity contribution is -0.136. The van der Waals surface area contributed by atoms with Gasteiger partial charge in [0.15, 0.2) is 5.13 Å². The van der Waals surface area contributed by atoms with Crippen LogP contribution < -0.4 is 4.90 Å². The fraction of sp³-hybridized carbons (Fsp3) is 0.409. The molecule has 1 aromatic heterocycles.